The number of hydrogen-bond acceptors (Lipinski definition) is 15. The van der Waals surface area contributed by atoms with E-state index in [9.17, 15) is 43.8 Å². The number of hydrogen-bond donors (Lipinski definition) is 9. The van der Waals surface area contributed by atoms with Crippen LogP contribution in [0, 0.1) is 12.8 Å². The minimum atomic E-state index is -1.16. The van der Waals surface area contributed by atoms with Crippen LogP contribution < -0.4 is 42.8 Å². The molecule has 0 spiro atoms. The zero-order chi connectivity index (χ0) is 49.9. The lowest BCUT2D eigenvalue weighted by Gasteiger charge is -2.60. The Kier molecular flexibility index (Phi) is 15.8. The number of rotatable bonds is 17. The molecule has 2 aromatic carbocycles. The fourth-order valence-electron chi connectivity index (χ4n) is 9.70. The number of ether oxygens (including phenoxy) is 3. The maximum absolute atomic E-state index is 14.2. The molecule has 1 fully saturated rings. The van der Waals surface area contributed by atoms with Gasteiger partial charge in [0.15, 0.2) is 23.0 Å². The van der Waals surface area contributed by atoms with Crippen LogP contribution in [0.2, 0.25) is 0 Å². The van der Waals surface area contributed by atoms with Crippen LogP contribution in [0.15, 0.2) is 52.8 Å². The van der Waals surface area contributed by atoms with Crippen molar-refractivity contribution in [2.75, 3.05) is 39.7 Å². The van der Waals surface area contributed by atoms with E-state index >= 15 is 0 Å². The molecule has 11 N–H and O–H groups in total. The Morgan fingerprint density at radius 3 is 2.24 bits per heavy atom. The molecule has 21 heteroatoms. The van der Waals surface area contributed by atoms with Gasteiger partial charge < -0.3 is 62.5 Å². The van der Waals surface area contributed by atoms with Gasteiger partial charge in [0, 0.05) is 41.5 Å². The van der Waals surface area contributed by atoms with Crippen LogP contribution in [0.5, 0.6) is 11.5 Å². The van der Waals surface area contributed by atoms with Gasteiger partial charge in [0.05, 0.1) is 38.4 Å². The van der Waals surface area contributed by atoms with Crippen LogP contribution in [0.4, 0.5) is 15.3 Å². The van der Waals surface area contributed by atoms with Gasteiger partial charge in [0.1, 0.15) is 24.9 Å². The van der Waals surface area contributed by atoms with Crippen molar-refractivity contribution in [1.29, 1.82) is 0 Å². The van der Waals surface area contributed by atoms with Gasteiger partial charge in [0.25, 0.3) is 0 Å². The molecule has 0 aromatic heterocycles. The Balaban J connectivity index is 1.10. The number of aromatic hydroxyl groups is 1. The third-order valence-corrected chi connectivity index (χ3v) is 13.4. The molecular formula is C47H63N9O12. The lowest BCUT2D eigenvalue weighted by Crippen LogP contribution is -2.71. The lowest BCUT2D eigenvalue weighted by molar-refractivity contribution is -0.167. The molecule has 0 saturated carbocycles. The summed E-state index contributed by atoms with van der Waals surface area (Å²) in [4.78, 5) is 95.6. The number of piperazine rings is 1. The third-order valence-electron chi connectivity index (χ3n) is 13.4. The number of ketones is 2. The van der Waals surface area contributed by atoms with Crippen LogP contribution in [-0.4, -0.2) is 138 Å². The van der Waals surface area contributed by atoms with Gasteiger partial charge in [-0.15, -0.1) is 0 Å². The molecule has 2 bridgehead atoms. The quantitative estimate of drug-likeness (QED) is 0.0791. The number of alkyl carbamates (subject to hydrolysis) is 1. The highest BCUT2D eigenvalue weighted by Gasteiger charge is 2.57. The van der Waals surface area contributed by atoms with E-state index in [1.807, 2.05) is 18.9 Å². The number of allylic oxidation sites excluding steroid dienone is 2. The molecule has 3 aliphatic heterocycles. The second-order valence-electron chi connectivity index (χ2n) is 18.0. The van der Waals surface area contributed by atoms with Gasteiger partial charge in [-0.1, -0.05) is 26.0 Å². The van der Waals surface area contributed by atoms with E-state index in [-0.39, 0.29) is 72.5 Å². The van der Waals surface area contributed by atoms with Crippen molar-refractivity contribution in [3.05, 3.63) is 75.1 Å². The van der Waals surface area contributed by atoms with Crippen molar-refractivity contribution in [3.8, 4) is 11.5 Å². The smallest absolute Gasteiger partial charge is 0.408 e. The molecule has 368 valence electrons. The van der Waals surface area contributed by atoms with E-state index in [4.69, 9.17) is 25.7 Å². The van der Waals surface area contributed by atoms with Crippen LogP contribution in [0.25, 0.3) is 0 Å². The number of likely N-dealkylation sites (N-methyl/N-ethyl adjacent to an activating group) is 1. The standard InChI is InChI=1S/C47H63N9O12/c1-21(2)36(48)44(62)54-30(10-9-15-50-46(49)64)43(61)53-26-13-11-25(12-14-26)20-68-47(65)52-24(5)42(60)51-19-33-35-29(38(58)23(4)41(67-8)39(35)59)17-31-37-28-18-34(57)40(66-7)22(3)27(28)16-32(55(37)6)45(63)56(31)33/h11-14,18,21,24,30-33,36-37,45,57,63H,9-10,15-17,19-20,48H2,1-8H3,(H,51,60)(H,52,65)(H,53,61)(H,54,62)(H3,49,50,64)/t24-,30-,31-,32?,33-,36-,37-,45-/m0/s1. The Bertz CT molecular complexity index is 2400. The fraction of sp³-hybridized carbons (Fsp3) is 0.511. The maximum atomic E-state index is 14.2. The monoisotopic (exact) mass is 945 g/mol. The summed E-state index contributed by atoms with van der Waals surface area (Å²) in [6, 6.07) is 1.91. The van der Waals surface area contributed by atoms with Crippen molar-refractivity contribution in [3.63, 3.8) is 0 Å². The van der Waals surface area contributed by atoms with Gasteiger partial charge in [-0.05, 0) is 99.9 Å². The normalized spacial score (nSPS) is 22.5. The number of Topliss-reactive ketones (excluding diaryl/α,β-unsaturated/α-hetero) is 2. The number of amides is 6. The predicted molar refractivity (Wildman–Crippen MR) is 247 cm³/mol. The number of aliphatic hydroxyl groups excluding tert-OH is 1. The second kappa shape index (κ2) is 21.2. The number of aliphatic hydroxyl groups is 1. The van der Waals surface area contributed by atoms with Gasteiger partial charge in [-0.2, -0.15) is 0 Å². The largest absolute Gasteiger partial charge is 0.504 e. The first-order valence-corrected chi connectivity index (χ1v) is 22.5. The molecule has 1 saturated heterocycles. The molecule has 1 aliphatic carbocycles. The highest BCUT2D eigenvalue weighted by molar-refractivity contribution is 6.25. The van der Waals surface area contributed by atoms with Crippen molar-refractivity contribution >= 4 is 47.1 Å². The SMILES string of the molecule is COC1=C(C)C(=O)C2=C(C1=O)[C@H](CNC(=O)[C@H](C)NC(=O)OCc1ccc(NC(=O)[C@H](CCCNC(N)=O)NC(=O)[C@@H](N)C(C)C)cc1)N1[C@@H](O)C3Cc4c(cc(O)c(OC)c4C)[C@@H]([C@@H]1C2)N3C. The average molecular weight is 946 g/mol. The fourth-order valence-corrected chi connectivity index (χ4v) is 9.70. The summed E-state index contributed by atoms with van der Waals surface area (Å²) in [5.74, 6) is -2.55. The Labute approximate surface area is 394 Å². The van der Waals surface area contributed by atoms with E-state index in [0.29, 0.717) is 29.8 Å². The Hall–Kier alpha value is -6.55. The van der Waals surface area contributed by atoms with E-state index in [2.05, 4.69) is 26.6 Å². The molecule has 8 atom stereocenters. The molecule has 6 amide bonds. The highest BCUT2D eigenvalue weighted by atomic mass is 16.5. The average Bonchev–Trinajstić information content (AvgIpc) is 3.29. The van der Waals surface area contributed by atoms with Gasteiger partial charge in [0.2, 0.25) is 23.5 Å². The number of anilines is 1. The topological polar surface area (TPSA) is 306 Å². The number of nitrogens with two attached hydrogens (primary N) is 2. The molecule has 1 unspecified atom stereocenters. The van der Waals surface area contributed by atoms with Crippen molar-refractivity contribution < 1.29 is 58.0 Å². The zero-order valence-electron chi connectivity index (χ0n) is 39.6. The summed E-state index contributed by atoms with van der Waals surface area (Å²) < 4.78 is 16.3. The van der Waals surface area contributed by atoms with Crippen molar-refractivity contribution in [1.82, 2.24) is 31.1 Å². The number of urea groups is 1. The van der Waals surface area contributed by atoms with Crippen LogP contribution in [0.3, 0.4) is 0 Å². The Morgan fingerprint density at radius 2 is 1.60 bits per heavy atom. The number of nitrogens with zero attached hydrogens (tertiary/aromatic N) is 2. The second-order valence-corrected chi connectivity index (χ2v) is 18.0. The molecule has 2 aromatic rings. The van der Waals surface area contributed by atoms with E-state index in [1.165, 1.54) is 28.1 Å². The van der Waals surface area contributed by atoms with E-state index in [0.717, 1.165) is 16.7 Å². The lowest BCUT2D eigenvalue weighted by atomic mass is 9.70. The zero-order valence-corrected chi connectivity index (χ0v) is 39.6. The minimum Gasteiger partial charge on any atom is -0.504 e. The number of primary amides is 1. The molecule has 4 aliphatic rings. The van der Waals surface area contributed by atoms with Gasteiger partial charge in [-0.25, -0.2) is 9.59 Å². The third kappa shape index (κ3) is 10.3. The molecule has 3 heterocycles. The first-order valence-electron chi connectivity index (χ1n) is 22.5. The number of carbonyl (C=O) groups excluding carboxylic acids is 7. The maximum Gasteiger partial charge on any atom is 0.408 e. The highest BCUT2D eigenvalue weighted by Crippen LogP contribution is 2.52. The molecule has 0 radical (unpaired) electrons. The molecular weight excluding hydrogens is 883 g/mol. The number of nitrogens with one attached hydrogen (secondary N) is 5. The number of methoxy groups -OCH3 is 2. The Morgan fingerprint density at radius 1 is 0.912 bits per heavy atom. The summed E-state index contributed by atoms with van der Waals surface area (Å²) in [7, 11) is 4.66. The van der Waals surface area contributed by atoms with Gasteiger partial charge in [-0.3, -0.25) is 33.8 Å². The van der Waals surface area contributed by atoms with Crippen LogP contribution in [0.1, 0.15) is 75.3 Å². The number of carbonyl (C=O) groups is 7. The summed E-state index contributed by atoms with van der Waals surface area (Å²) in [6.07, 6.45) is -1.07. The van der Waals surface area contributed by atoms with Crippen LogP contribution >= 0.6 is 0 Å². The molecule has 6 rings (SSSR count). The van der Waals surface area contributed by atoms with Crippen LogP contribution in [-0.2, 0) is 46.5 Å². The van der Waals surface area contributed by atoms with Crippen molar-refractivity contribution in [2.45, 2.75) is 115 Å². The number of phenolic OH excluding ortho intramolecular Hbond substituents is 1. The van der Waals surface area contributed by atoms with E-state index in [1.54, 1.807) is 49.1 Å². The molecule has 21 nitrogen and oxygen atoms in total. The van der Waals surface area contributed by atoms with Gasteiger partial charge >= 0.3 is 12.1 Å². The summed E-state index contributed by atoms with van der Waals surface area (Å²) in [5.41, 5.74) is 15.0. The summed E-state index contributed by atoms with van der Waals surface area (Å²) in [5, 5.41) is 36.4. The summed E-state index contributed by atoms with van der Waals surface area (Å²) >= 11 is 0. The summed E-state index contributed by atoms with van der Waals surface area (Å²) in [6.45, 7) is 8.16. The number of fused-ring (bicyclic) bond motifs is 6. The first kappa shape index (κ1) is 50.9. The molecule has 68 heavy (non-hydrogen) atoms. The number of benzene rings is 2. The minimum absolute atomic E-state index is 0.0499. The first-order chi connectivity index (χ1) is 32.2. The van der Waals surface area contributed by atoms with Crippen molar-refractivity contribution in [2.24, 2.45) is 17.4 Å². The predicted octanol–water partition coefficient (Wildman–Crippen LogP) is 1.04. The van der Waals surface area contributed by atoms with E-state index < -0.39 is 84.1 Å². The number of phenols is 1.